The Balaban J connectivity index is 0.000000518. The first-order chi connectivity index (χ1) is 15.7. The quantitative estimate of drug-likeness (QED) is 0.323. The van der Waals surface area contributed by atoms with Gasteiger partial charge in [0.15, 0.2) is 0 Å². The second-order valence-electron chi connectivity index (χ2n) is 10.4. The van der Waals surface area contributed by atoms with Gasteiger partial charge in [0.2, 0.25) is 0 Å². The molecule has 1 aliphatic heterocycles. The summed E-state index contributed by atoms with van der Waals surface area (Å²) in [7, 11) is 0. The molecule has 1 saturated heterocycles. The Morgan fingerprint density at radius 2 is 1.82 bits per heavy atom. The van der Waals surface area contributed by atoms with Crippen LogP contribution in [0.5, 0.6) is 0 Å². The molecule has 0 bridgehead atoms. The highest BCUT2D eigenvalue weighted by molar-refractivity contribution is 5.70. The van der Waals surface area contributed by atoms with E-state index in [-0.39, 0.29) is 18.0 Å². The van der Waals surface area contributed by atoms with Crippen LogP contribution in [-0.2, 0) is 14.3 Å². The molecular weight excluding hydrogens is 412 g/mol. The third-order valence-electron chi connectivity index (χ3n) is 7.05. The largest absolute Gasteiger partial charge is 0.481 e. The van der Waals surface area contributed by atoms with Gasteiger partial charge in [-0.1, -0.05) is 72.3 Å². The molecule has 0 aromatic carbocycles. The van der Waals surface area contributed by atoms with E-state index in [1.165, 1.54) is 32.1 Å². The normalized spacial score (nSPS) is 31.1. The summed E-state index contributed by atoms with van der Waals surface area (Å²) in [6.45, 7) is 12.1. The molecule has 0 aromatic rings. The third kappa shape index (κ3) is 10.9. The molecule has 3 rings (SSSR count). The van der Waals surface area contributed by atoms with Gasteiger partial charge in [-0.3, -0.25) is 9.59 Å². The number of allylic oxidation sites excluding steroid dienone is 4. The lowest BCUT2D eigenvalue weighted by atomic mass is 9.62. The highest BCUT2D eigenvalue weighted by Crippen LogP contribution is 2.47. The summed E-state index contributed by atoms with van der Waals surface area (Å²) in [4.78, 5) is 21.2. The smallest absolute Gasteiger partial charge is 0.306 e. The summed E-state index contributed by atoms with van der Waals surface area (Å²) in [5, 5.41) is 7.99. The Bertz CT molecular complexity index is 621. The Labute approximate surface area is 203 Å². The molecule has 1 saturated carbocycles. The van der Waals surface area contributed by atoms with Crippen LogP contribution in [0.25, 0.3) is 0 Å². The van der Waals surface area contributed by atoms with Gasteiger partial charge < -0.3 is 9.84 Å². The van der Waals surface area contributed by atoms with Crippen molar-refractivity contribution in [2.24, 2.45) is 35.5 Å². The van der Waals surface area contributed by atoms with Crippen molar-refractivity contribution in [2.75, 3.05) is 0 Å². The number of carboxylic acids is 1. The van der Waals surface area contributed by atoms with Gasteiger partial charge in [0.05, 0.1) is 5.92 Å². The number of hydrogen-bond acceptors (Lipinski definition) is 3. The van der Waals surface area contributed by atoms with E-state index in [0.717, 1.165) is 49.4 Å². The van der Waals surface area contributed by atoms with Gasteiger partial charge in [-0.2, -0.15) is 0 Å². The second kappa shape index (κ2) is 16.1. The van der Waals surface area contributed by atoms with Gasteiger partial charge in [0.25, 0.3) is 0 Å². The first-order valence-electron chi connectivity index (χ1n) is 13.5. The summed E-state index contributed by atoms with van der Waals surface area (Å²) >= 11 is 0. The van der Waals surface area contributed by atoms with Crippen LogP contribution in [0.2, 0.25) is 0 Å². The van der Waals surface area contributed by atoms with Crippen LogP contribution >= 0.6 is 0 Å². The van der Waals surface area contributed by atoms with Crippen molar-refractivity contribution >= 4 is 11.9 Å². The first kappa shape index (κ1) is 29.5. The highest BCUT2D eigenvalue weighted by atomic mass is 16.5. The van der Waals surface area contributed by atoms with Crippen molar-refractivity contribution in [1.82, 2.24) is 0 Å². The monoisotopic (exact) mass is 462 g/mol. The zero-order chi connectivity index (χ0) is 24.8. The Kier molecular flexibility index (Phi) is 14.4. The summed E-state index contributed by atoms with van der Waals surface area (Å²) in [6.07, 6.45) is 21.4. The third-order valence-corrected chi connectivity index (χ3v) is 7.05. The molecule has 0 amide bonds. The van der Waals surface area contributed by atoms with E-state index in [4.69, 9.17) is 9.84 Å². The zero-order valence-electron chi connectivity index (χ0n) is 22.1. The van der Waals surface area contributed by atoms with Crippen molar-refractivity contribution < 1.29 is 19.4 Å². The number of rotatable bonds is 6. The van der Waals surface area contributed by atoms with E-state index in [1.807, 2.05) is 0 Å². The molecule has 2 fully saturated rings. The summed E-state index contributed by atoms with van der Waals surface area (Å²) in [5.41, 5.74) is 0. The van der Waals surface area contributed by atoms with E-state index in [0.29, 0.717) is 12.3 Å². The van der Waals surface area contributed by atoms with Crippen LogP contribution in [0.3, 0.4) is 0 Å². The van der Waals surface area contributed by atoms with Gasteiger partial charge >= 0.3 is 11.9 Å². The molecule has 3 aliphatic rings. The Morgan fingerprint density at radius 1 is 1.15 bits per heavy atom. The maximum absolute atomic E-state index is 11.5. The van der Waals surface area contributed by atoms with Gasteiger partial charge in [-0.15, -0.1) is 0 Å². The number of ether oxygens (including phenoxy) is 1. The van der Waals surface area contributed by atoms with Crippen molar-refractivity contribution in [3.63, 3.8) is 0 Å². The number of aliphatic carboxylic acids is 1. The number of hydrogen-bond donors (Lipinski definition) is 1. The number of fused-ring (bicyclic) bond motifs is 1. The summed E-state index contributed by atoms with van der Waals surface area (Å²) in [6, 6.07) is 0. The predicted molar refractivity (Wildman–Crippen MR) is 137 cm³/mol. The van der Waals surface area contributed by atoms with Crippen LogP contribution in [0.4, 0.5) is 0 Å². The summed E-state index contributed by atoms with van der Waals surface area (Å²) < 4.78 is 5.54. The lowest BCUT2D eigenvalue weighted by Crippen LogP contribution is -2.35. The maximum Gasteiger partial charge on any atom is 0.306 e. The van der Waals surface area contributed by atoms with Crippen molar-refractivity contribution in [3.05, 3.63) is 24.3 Å². The van der Waals surface area contributed by atoms with Crippen LogP contribution < -0.4 is 0 Å². The maximum atomic E-state index is 11.5. The molecule has 0 radical (unpaired) electrons. The molecule has 33 heavy (non-hydrogen) atoms. The fourth-order valence-electron chi connectivity index (χ4n) is 5.21. The topological polar surface area (TPSA) is 63.6 Å². The average molecular weight is 463 g/mol. The Morgan fingerprint density at radius 3 is 2.39 bits per heavy atom. The first-order valence-corrected chi connectivity index (χ1v) is 13.5. The Hall–Kier alpha value is -1.58. The second-order valence-corrected chi connectivity index (χ2v) is 10.4. The number of carbonyl (C=O) groups excluding carboxylic acids is 1. The predicted octanol–water partition coefficient (Wildman–Crippen LogP) is 7.83. The molecule has 0 spiro atoms. The van der Waals surface area contributed by atoms with Gasteiger partial charge in [-0.25, -0.2) is 0 Å². The molecule has 4 nitrogen and oxygen atoms in total. The fourth-order valence-corrected chi connectivity index (χ4v) is 5.21. The fraction of sp³-hybridized carbons (Fsp3) is 0.793. The van der Waals surface area contributed by atoms with Crippen molar-refractivity contribution in [2.45, 2.75) is 112 Å². The minimum absolute atomic E-state index is 0.0175. The van der Waals surface area contributed by atoms with Gasteiger partial charge in [0.1, 0.15) is 6.10 Å². The standard InChI is InChI=1S/C22H34O2.C4H8O2.C3H8/c1-3-4-6-17-10-13-21-18(15-17)11-9-16(2)20(21)14-12-19-7-5-8-22(23)24-19;1-3(2)4(5)6;1-3-2/h4,6,9,11,16-21H,3,5,7-8,10,12-15H2,1-2H3;3H,1-2H3,(H,5,6);3H2,1-2H3/b6-4+;;/t16-,17+,18?,19-,20?,21-;;/m0../s1. The molecule has 0 aromatic heterocycles. The minimum atomic E-state index is -0.741. The molecule has 6 atom stereocenters. The SMILES string of the molecule is CC(C)C(=O)O.CC/C=C/[C@@H]1CC[C@H]2C(C=C[C@H](C)C2CC[C@@H]2CCCC(=O)O2)C1.CCC. The number of esters is 1. The van der Waals surface area contributed by atoms with E-state index in [9.17, 15) is 9.59 Å². The van der Waals surface area contributed by atoms with E-state index in [2.05, 4.69) is 52.0 Å². The lowest BCUT2D eigenvalue weighted by molar-refractivity contribution is -0.154. The van der Waals surface area contributed by atoms with Gasteiger partial charge in [0, 0.05) is 6.42 Å². The molecule has 4 heteroatoms. The van der Waals surface area contributed by atoms with Crippen LogP contribution in [-0.4, -0.2) is 23.1 Å². The van der Waals surface area contributed by atoms with Crippen LogP contribution in [0.15, 0.2) is 24.3 Å². The van der Waals surface area contributed by atoms with Crippen LogP contribution in [0, 0.1) is 35.5 Å². The van der Waals surface area contributed by atoms with E-state index < -0.39 is 5.97 Å². The average Bonchev–Trinajstić information content (AvgIpc) is 2.78. The van der Waals surface area contributed by atoms with Crippen molar-refractivity contribution in [1.29, 1.82) is 0 Å². The van der Waals surface area contributed by atoms with Crippen LogP contribution in [0.1, 0.15) is 106 Å². The minimum Gasteiger partial charge on any atom is -0.481 e. The molecule has 1 N–H and O–H groups in total. The van der Waals surface area contributed by atoms with Crippen molar-refractivity contribution in [3.8, 4) is 0 Å². The number of carboxylic acid groups (broad SMARTS) is 1. The number of carbonyl (C=O) groups is 2. The summed E-state index contributed by atoms with van der Waals surface area (Å²) in [5.74, 6) is 2.88. The zero-order valence-corrected chi connectivity index (χ0v) is 22.1. The van der Waals surface area contributed by atoms with E-state index >= 15 is 0 Å². The van der Waals surface area contributed by atoms with Gasteiger partial charge in [-0.05, 0) is 81.0 Å². The molecule has 2 unspecified atom stereocenters. The lowest BCUT2D eigenvalue weighted by Gasteiger charge is -2.44. The molecule has 190 valence electrons. The highest BCUT2D eigenvalue weighted by Gasteiger charge is 2.38. The molecule has 1 heterocycles. The molecular formula is C29H50O4. The molecule has 2 aliphatic carbocycles. The van der Waals surface area contributed by atoms with E-state index in [1.54, 1.807) is 13.8 Å². The number of cyclic esters (lactones) is 1.